The van der Waals surface area contributed by atoms with Crippen LogP contribution >= 0.6 is 0 Å². The monoisotopic (exact) mass is 596 g/mol. The fraction of sp³-hybridized carbons (Fsp3) is 0.108. The first-order chi connectivity index (χ1) is 22.0. The van der Waals surface area contributed by atoms with Gasteiger partial charge in [0.2, 0.25) is 0 Å². The summed E-state index contributed by atoms with van der Waals surface area (Å²) in [5, 5.41) is 6.35. The Kier molecular flexibility index (Phi) is 7.02. The number of carbonyl (C=O) groups is 2. The van der Waals surface area contributed by atoms with Crippen molar-refractivity contribution >= 4 is 18.1 Å². The SMILES string of the molecule is CCOc1ccc2c(c1)Oc1cc(OC(=O)c3ccccc3)ccc1C21c2ccccc2C(=O)N1/N=C/c1ccccc1OC. The van der Waals surface area contributed by atoms with Crippen molar-refractivity contribution in [2.75, 3.05) is 13.7 Å². The molecule has 45 heavy (non-hydrogen) atoms. The number of hydrogen-bond acceptors (Lipinski definition) is 7. The molecule has 0 fully saturated rings. The molecule has 222 valence electrons. The van der Waals surface area contributed by atoms with Crippen molar-refractivity contribution in [1.29, 1.82) is 0 Å². The molecule has 8 nitrogen and oxygen atoms in total. The lowest BCUT2D eigenvalue weighted by Crippen LogP contribution is -2.44. The predicted octanol–water partition coefficient (Wildman–Crippen LogP) is 7.20. The lowest BCUT2D eigenvalue weighted by molar-refractivity contribution is 0.0675. The summed E-state index contributed by atoms with van der Waals surface area (Å²) in [5.41, 5.74) is 2.56. The molecule has 1 atom stereocenters. The zero-order valence-electron chi connectivity index (χ0n) is 24.6. The van der Waals surface area contributed by atoms with E-state index in [0.29, 0.717) is 63.2 Å². The summed E-state index contributed by atoms with van der Waals surface area (Å²) in [4.78, 5) is 27.2. The molecule has 0 saturated heterocycles. The summed E-state index contributed by atoms with van der Waals surface area (Å²) < 4.78 is 23.6. The fourth-order valence-corrected chi connectivity index (χ4v) is 6.01. The normalized spacial score (nSPS) is 16.1. The van der Waals surface area contributed by atoms with Gasteiger partial charge in [-0.25, -0.2) is 9.80 Å². The third-order valence-electron chi connectivity index (χ3n) is 7.95. The van der Waals surface area contributed by atoms with Crippen LogP contribution in [0.4, 0.5) is 0 Å². The summed E-state index contributed by atoms with van der Waals surface area (Å²) in [7, 11) is 1.59. The van der Waals surface area contributed by atoms with Crippen LogP contribution in [0.5, 0.6) is 28.7 Å². The molecular formula is C37H28N2O6. The molecule has 2 aliphatic heterocycles. The zero-order valence-corrected chi connectivity index (χ0v) is 24.6. The maximum atomic E-state index is 14.3. The van der Waals surface area contributed by atoms with Crippen molar-refractivity contribution in [2.24, 2.45) is 5.10 Å². The molecule has 1 spiro atoms. The number of hydrazone groups is 1. The minimum Gasteiger partial charge on any atom is -0.496 e. The van der Waals surface area contributed by atoms with Gasteiger partial charge >= 0.3 is 5.97 Å². The maximum Gasteiger partial charge on any atom is 0.343 e. The third kappa shape index (κ3) is 4.58. The Morgan fingerprint density at radius 3 is 2.24 bits per heavy atom. The van der Waals surface area contributed by atoms with Gasteiger partial charge in [0, 0.05) is 39.9 Å². The van der Waals surface area contributed by atoms with E-state index in [9.17, 15) is 9.59 Å². The van der Waals surface area contributed by atoms with Crippen molar-refractivity contribution < 1.29 is 28.5 Å². The average molecular weight is 597 g/mol. The fourth-order valence-electron chi connectivity index (χ4n) is 6.01. The van der Waals surface area contributed by atoms with Gasteiger partial charge in [-0.1, -0.05) is 48.5 Å². The van der Waals surface area contributed by atoms with E-state index in [4.69, 9.17) is 24.0 Å². The smallest absolute Gasteiger partial charge is 0.343 e. The van der Waals surface area contributed by atoms with Gasteiger partial charge in [-0.05, 0) is 61.5 Å². The Morgan fingerprint density at radius 1 is 0.822 bits per heavy atom. The quantitative estimate of drug-likeness (QED) is 0.112. The molecular weight excluding hydrogens is 568 g/mol. The van der Waals surface area contributed by atoms with Crippen LogP contribution in [0.15, 0.2) is 120 Å². The molecule has 7 rings (SSSR count). The van der Waals surface area contributed by atoms with Crippen LogP contribution in [0, 0.1) is 0 Å². The Balaban J connectivity index is 1.43. The number of nitrogens with zero attached hydrogens (tertiary/aromatic N) is 2. The van der Waals surface area contributed by atoms with Gasteiger partial charge in [0.15, 0.2) is 0 Å². The standard InChI is InChI=1S/C37H28N2O6/c1-3-43-26-17-19-30-33(21-26)45-34-22-27(44-36(41)24-11-5-4-6-12-24)18-20-31(34)37(30)29-15-9-8-14-28(29)35(40)39(37)38-23-25-13-7-10-16-32(25)42-2/h4-23H,3H2,1-2H3/b38-23+. The molecule has 1 amide bonds. The van der Waals surface area contributed by atoms with E-state index in [1.807, 2.05) is 73.7 Å². The Bertz CT molecular complexity index is 1970. The van der Waals surface area contributed by atoms with Crippen LogP contribution in [0.3, 0.4) is 0 Å². The number of rotatable bonds is 7. The summed E-state index contributed by atoms with van der Waals surface area (Å²) in [5.74, 6) is 1.66. The molecule has 5 aromatic rings. The lowest BCUT2D eigenvalue weighted by Gasteiger charge is -2.41. The van der Waals surface area contributed by atoms with E-state index in [0.717, 1.165) is 5.56 Å². The van der Waals surface area contributed by atoms with E-state index in [2.05, 4.69) is 0 Å². The second-order valence-electron chi connectivity index (χ2n) is 10.5. The number of ether oxygens (including phenoxy) is 4. The highest BCUT2D eigenvalue weighted by Gasteiger charge is 2.57. The molecule has 0 aromatic heterocycles. The van der Waals surface area contributed by atoms with E-state index in [1.165, 1.54) is 5.01 Å². The van der Waals surface area contributed by atoms with Crippen LogP contribution in [0.2, 0.25) is 0 Å². The van der Waals surface area contributed by atoms with Gasteiger partial charge in [0.25, 0.3) is 5.91 Å². The second kappa shape index (κ2) is 11.3. The molecule has 0 N–H and O–H groups in total. The van der Waals surface area contributed by atoms with Crippen molar-refractivity contribution in [3.05, 3.63) is 149 Å². The van der Waals surface area contributed by atoms with Gasteiger partial charge in [0.1, 0.15) is 34.3 Å². The molecule has 0 radical (unpaired) electrons. The van der Waals surface area contributed by atoms with Crippen molar-refractivity contribution in [3.63, 3.8) is 0 Å². The number of methoxy groups -OCH3 is 1. The van der Waals surface area contributed by atoms with E-state index in [-0.39, 0.29) is 5.91 Å². The minimum atomic E-state index is -1.21. The number of carbonyl (C=O) groups excluding carboxylic acids is 2. The van der Waals surface area contributed by atoms with Gasteiger partial charge in [-0.2, -0.15) is 5.10 Å². The first-order valence-electron chi connectivity index (χ1n) is 14.5. The molecule has 0 saturated carbocycles. The summed E-state index contributed by atoms with van der Waals surface area (Å²) in [6.07, 6.45) is 1.63. The number of fused-ring (bicyclic) bond motifs is 6. The van der Waals surface area contributed by atoms with Crippen LogP contribution in [0.25, 0.3) is 0 Å². The van der Waals surface area contributed by atoms with Crippen LogP contribution in [0.1, 0.15) is 49.9 Å². The second-order valence-corrected chi connectivity index (χ2v) is 10.5. The Labute approximate surface area is 260 Å². The Hall–Kier alpha value is -5.89. The van der Waals surface area contributed by atoms with E-state index >= 15 is 0 Å². The van der Waals surface area contributed by atoms with Crippen molar-refractivity contribution in [3.8, 4) is 28.7 Å². The zero-order chi connectivity index (χ0) is 31.0. The first kappa shape index (κ1) is 27.9. The lowest BCUT2D eigenvalue weighted by atomic mass is 9.75. The van der Waals surface area contributed by atoms with Crippen molar-refractivity contribution in [1.82, 2.24) is 5.01 Å². The number of amides is 1. The molecule has 0 bridgehead atoms. The largest absolute Gasteiger partial charge is 0.496 e. The van der Waals surface area contributed by atoms with Crippen LogP contribution in [-0.2, 0) is 5.54 Å². The topological polar surface area (TPSA) is 86.7 Å². The van der Waals surface area contributed by atoms with E-state index < -0.39 is 11.5 Å². The van der Waals surface area contributed by atoms with Gasteiger partial charge in [-0.15, -0.1) is 0 Å². The highest BCUT2D eigenvalue weighted by Crippen LogP contribution is 2.58. The molecule has 2 aliphatic rings. The van der Waals surface area contributed by atoms with E-state index in [1.54, 1.807) is 61.9 Å². The summed E-state index contributed by atoms with van der Waals surface area (Å²) in [6, 6.07) is 34.5. The maximum absolute atomic E-state index is 14.3. The van der Waals surface area contributed by atoms with Gasteiger partial charge in [0.05, 0.1) is 25.5 Å². The number of benzene rings is 5. The number of esters is 1. The van der Waals surface area contributed by atoms with Crippen LogP contribution in [-0.4, -0.2) is 36.8 Å². The summed E-state index contributed by atoms with van der Waals surface area (Å²) in [6.45, 7) is 2.38. The number of hydrogen-bond donors (Lipinski definition) is 0. The van der Waals surface area contributed by atoms with Gasteiger partial charge < -0.3 is 18.9 Å². The molecule has 5 aromatic carbocycles. The summed E-state index contributed by atoms with van der Waals surface area (Å²) >= 11 is 0. The van der Waals surface area contributed by atoms with Gasteiger partial charge in [-0.3, -0.25) is 4.79 Å². The van der Waals surface area contributed by atoms with Crippen LogP contribution < -0.4 is 18.9 Å². The predicted molar refractivity (Wildman–Crippen MR) is 169 cm³/mol. The minimum absolute atomic E-state index is 0.274. The third-order valence-corrected chi connectivity index (χ3v) is 7.95. The molecule has 1 unspecified atom stereocenters. The molecule has 2 heterocycles. The Morgan fingerprint density at radius 2 is 1.49 bits per heavy atom. The highest BCUT2D eigenvalue weighted by atomic mass is 16.5. The number of para-hydroxylation sites is 1. The highest BCUT2D eigenvalue weighted by molar-refractivity contribution is 6.03. The van der Waals surface area contributed by atoms with Crippen molar-refractivity contribution in [2.45, 2.75) is 12.5 Å². The molecule has 0 aliphatic carbocycles. The average Bonchev–Trinajstić information content (AvgIpc) is 3.32. The first-order valence-corrected chi connectivity index (χ1v) is 14.5. The molecule has 8 heteroatoms.